The first-order valence-electron chi connectivity index (χ1n) is 8.77. The second-order valence-electron chi connectivity index (χ2n) is 6.71. The minimum atomic E-state index is -3.65. The van der Waals surface area contributed by atoms with Gasteiger partial charge < -0.3 is 10.2 Å². The van der Waals surface area contributed by atoms with Crippen molar-refractivity contribution >= 4 is 33.0 Å². The molecule has 1 saturated heterocycles. The van der Waals surface area contributed by atoms with Crippen LogP contribution in [-0.4, -0.2) is 49.7 Å². The number of carbonyl (C=O) groups excluding carboxylic acids is 1. The summed E-state index contributed by atoms with van der Waals surface area (Å²) in [5.41, 5.74) is 2.20. The van der Waals surface area contributed by atoms with Gasteiger partial charge in [-0.2, -0.15) is 4.31 Å². The average molecular weight is 402 g/mol. The molecule has 0 radical (unpaired) electrons. The van der Waals surface area contributed by atoms with E-state index in [2.05, 4.69) is 5.32 Å². The third-order valence-corrected chi connectivity index (χ3v) is 6.90. The highest BCUT2D eigenvalue weighted by molar-refractivity contribution is 7.89. The van der Waals surface area contributed by atoms with Crippen molar-refractivity contribution in [2.24, 2.45) is 0 Å². The van der Waals surface area contributed by atoms with Crippen LogP contribution in [0.1, 0.15) is 5.56 Å². The van der Waals surface area contributed by atoms with Gasteiger partial charge in [-0.3, -0.25) is 14.9 Å². The Morgan fingerprint density at radius 3 is 2.32 bits per heavy atom. The van der Waals surface area contributed by atoms with E-state index in [1.807, 2.05) is 4.90 Å². The van der Waals surface area contributed by atoms with E-state index < -0.39 is 14.9 Å². The zero-order valence-electron chi connectivity index (χ0n) is 14.9. The molecule has 0 aliphatic carbocycles. The number of nitrogens with one attached hydrogen (secondary N) is 1. The summed E-state index contributed by atoms with van der Waals surface area (Å²) in [6, 6.07) is 10.9. The fourth-order valence-corrected chi connectivity index (χ4v) is 4.96. The normalized spacial score (nSPS) is 17.3. The minimum Gasteiger partial charge on any atom is -0.369 e. The third kappa shape index (κ3) is 3.32. The molecule has 2 aliphatic heterocycles. The van der Waals surface area contributed by atoms with Crippen molar-refractivity contribution < 1.29 is 18.1 Å². The molecule has 10 heteroatoms. The molecular formula is C18H18N4O5S. The molecule has 9 nitrogen and oxygen atoms in total. The monoisotopic (exact) mass is 402 g/mol. The van der Waals surface area contributed by atoms with Crippen LogP contribution in [0, 0.1) is 10.1 Å². The van der Waals surface area contributed by atoms with Gasteiger partial charge in [0.1, 0.15) is 0 Å². The maximum atomic E-state index is 13.0. The molecule has 1 fully saturated rings. The first-order chi connectivity index (χ1) is 13.3. The predicted octanol–water partition coefficient (Wildman–Crippen LogP) is 1.60. The van der Waals surface area contributed by atoms with Gasteiger partial charge in [0.2, 0.25) is 15.9 Å². The third-order valence-electron chi connectivity index (χ3n) is 5.00. The lowest BCUT2D eigenvalue weighted by Gasteiger charge is -2.35. The smallest absolute Gasteiger partial charge is 0.269 e. The molecule has 146 valence electrons. The Balaban J connectivity index is 1.46. The summed E-state index contributed by atoms with van der Waals surface area (Å²) < 4.78 is 27.3. The molecule has 0 atom stereocenters. The predicted molar refractivity (Wildman–Crippen MR) is 103 cm³/mol. The van der Waals surface area contributed by atoms with Crippen LogP contribution in [0.3, 0.4) is 0 Å². The Hall–Kier alpha value is -2.98. The summed E-state index contributed by atoms with van der Waals surface area (Å²) in [5.74, 6) is -0.138. The molecule has 0 unspecified atom stereocenters. The number of hydrogen-bond acceptors (Lipinski definition) is 6. The molecule has 4 rings (SSSR count). The number of carbonyl (C=O) groups is 1. The van der Waals surface area contributed by atoms with Crippen LogP contribution in [-0.2, 0) is 21.2 Å². The Bertz CT molecular complexity index is 1040. The first kappa shape index (κ1) is 18.4. The van der Waals surface area contributed by atoms with Crippen LogP contribution in [0.4, 0.5) is 17.1 Å². The number of rotatable bonds is 4. The highest BCUT2D eigenvalue weighted by Gasteiger charge is 2.30. The second-order valence-corrected chi connectivity index (χ2v) is 8.65. The van der Waals surface area contributed by atoms with Crippen molar-refractivity contribution in [1.82, 2.24) is 4.31 Å². The summed E-state index contributed by atoms with van der Waals surface area (Å²) in [6.07, 6.45) is 0.187. The molecule has 0 spiro atoms. The SMILES string of the molecule is O=C1Cc2cc(S(=O)(=O)N3CCN(c4ccc([N+](=O)[O-])cc4)CC3)ccc2N1. The summed E-state index contributed by atoms with van der Waals surface area (Å²) in [7, 11) is -3.65. The van der Waals surface area contributed by atoms with Crippen molar-refractivity contribution in [2.45, 2.75) is 11.3 Å². The molecule has 2 heterocycles. The van der Waals surface area contributed by atoms with Gasteiger partial charge in [0.05, 0.1) is 16.2 Å². The number of nitro groups is 1. The Morgan fingerprint density at radius 1 is 1.00 bits per heavy atom. The highest BCUT2D eigenvalue weighted by atomic mass is 32.2. The largest absolute Gasteiger partial charge is 0.369 e. The second kappa shape index (κ2) is 6.88. The van der Waals surface area contributed by atoms with Crippen molar-refractivity contribution in [3.63, 3.8) is 0 Å². The maximum Gasteiger partial charge on any atom is 0.269 e. The average Bonchev–Trinajstić information content (AvgIpc) is 3.07. The number of hydrogen-bond donors (Lipinski definition) is 1. The Morgan fingerprint density at radius 2 is 1.68 bits per heavy atom. The fourth-order valence-electron chi connectivity index (χ4n) is 3.49. The van der Waals surface area contributed by atoms with Gasteiger partial charge >= 0.3 is 0 Å². The number of sulfonamides is 1. The molecule has 2 aliphatic rings. The zero-order valence-corrected chi connectivity index (χ0v) is 15.7. The lowest BCUT2D eigenvalue weighted by molar-refractivity contribution is -0.384. The number of amides is 1. The molecule has 1 N–H and O–H groups in total. The quantitative estimate of drug-likeness (QED) is 0.614. The van der Waals surface area contributed by atoms with Gasteiger partial charge in [-0.1, -0.05) is 0 Å². The van der Waals surface area contributed by atoms with E-state index in [9.17, 15) is 23.3 Å². The van der Waals surface area contributed by atoms with Gasteiger partial charge in [-0.15, -0.1) is 0 Å². The van der Waals surface area contributed by atoms with E-state index in [1.54, 1.807) is 24.3 Å². The van der Waals surface area contributed by atoms with Crippen LogP contribution in [0.5, 0.6) is 0 Å². The molecule has 0 aromatic heterocycles. The van der Waals surface area contributed by atoms with Crippen molar-refractivity contribution in [3.05, 3.63) is 58.1 Å². The Kier molecular flexibility index (Phi) is 4.52. The summed E-state index contributed by atoms with van der Waals surface area (Å²) in [5, 5.41) is 13.5. The topological polar surface area (TPSA) is 113 Å². The number of anilines is 2. The van der Waals surface area contributed by atoms with E-state index in [4.69, 9.17) is 0 Å². The lowest BCUT2D eigenvalue weighted by atomic mass is 10.2. The standard InChI is InChI=1S/C18H18N4O5S/c23-18-12-13-11-16(5-6-17(13)19-18)28(26,27)21-9-7-20(8-10-21)14-1-3-15(4-2-14)22(24)25/h1-6,11H,7-10,12H2,(H,19,23). The van der Waals surface area contributed by atoms with Crippen LogP contribution in [0.25, 0.3) is 0 Å². The molecule has 1 amide bonds. The van der Waals surface area contributed by atoms with E-state index >= 15 is 0 Å². The van der Waals surface area contributed by atoms with Crippen LogP contribution >= 0.6 is 0 Å². The van der Waals surface area contributed by atoms with Gasteiger partial charge in [-0.05, 0) is 35.9 Å². The molecule has 2 aromatic carbocycles. The number of nitrogens with zero attached hydrogens (tertiary/aromatic N) is 3. The number of nitro benzene ring substituents is 1. The minimum absolute atomic E-state index is 0.0227. The van der Waals surface area contributed by atoms with Crippen molar-refractivity contribution in [1.29, 1.82) is 0 Å². The number of fused-ring (bicyclic) bond motifs is 1. The molecule has 28 heavy (non-hydrogen) atoms. The summed E-state index contributed by atoms with van der Waals surface area (Å²) in [4.78, 5) is 24.0. The highest BCUT2D eigenvalue weighted by Crippen LogP contribution is 2.28. The van der Waals surface area contributed by atoms with Gasteiger partial charge in [0.25, 0.3) is 5.69 Å². The molecule has 0 saturated carbocycles. The number of piperazine rings is 1. The van der Waals surface area contributed by atoms with Crippen molar-refractivity contribution in [3.8, 4) is 0 Å². The van der Waals surface area contributed by atoms with E-state index in [0.717, 1.165) is 5.69 Å². The maximum absolute atomic E-state index is 13.0. The Labute approximate surface area is 161 Å². The van der Waals surface area contributed by atoms with Crippen LogP contribution in [0.15, 0.2) is 47.4 Å². The van der Waals surface area contributed by atoms with E-state index in [-0.39, 0.29) is 22.9 Å². The van der Waals surface area contributed by atoms with Gasteiger partial charge in [-0.25, -0.2) is 8.42 Å². The molecule has 2 aromatic rings. The summed E-state index contributed by atoms with van der Waals surface area (Å²) in [6.45, 7) is 1.60. The number of non-ortho nitro benzene ring substituents is 1. The van der Waals surface area contributed by atoms with E-state index in [0.29, 0.717) is 37.4 Å². The number of benzene rings is 2. The van der Waals surface area contributed by atoms with E-state index in [1.165, 1.54) is 22.5 Å². The molecular weight excluding hydrogens is 384 g/mol. The lowest BCUT2D eigenvalue weighted by Crippen LogP contribution is -2.48. The van der Waals surface area contributed by atoms with Gasteiger partial charge in [0, 0.05) is 49.7 Å². The van der Waals surface area contributed by atoms with Crippen molar-refractivity contribution in [2.75, 3.05) is 36.4 Å². The van der Waals surface area contributed by atoms with Gasteiger partial charge in [0.15, 0.2) is 0 Å². The molecule has 0 bridgehead atoms. The van der Waals surface area contributed by atoms with Crippen LogP contribution in [0.2, 0.25) is 0 Å². The fraction of sp³-hybridized carbons (Fsp3) is 0.278. The zero-order chi connectivity index (χ0) is 19.9. The van der Waals surface area contributed by atoms with Crippen LogP contribution < -0.4 is 10.2 Å². The first-order valence-corrected chi connectivity index (χ1v) is 10.2. The summed E-state index contributed by atoms with van der Waals surface area (Å²) >= 11 is 0.